The third-order valence-corrected chi connectivity index (χ3v) is 6.57. The molecule has 172 valence electrons. The Labute approximate surface area is 192 Å². The highest BCUT2D eigenvalue weighted by molar-refractivity contribution is 6.06. The zero-order valence-electron chi connectivity index (χ0n) is 19.0. The van der Waals surface area contributed by atoms with Crippen LogP contribution >= 0.6 is 0 Å². The molecular formula is C24H28N6O3. The maximum Gasteiger partial charge on any atom is 0.255 e. The van der Waals surface area contributed by atoms with Crippen molar-refractivity contribution >= 4 is 23.0 Å². The van der Waals surface area contributed by atoms with Gasteiger partial charge in [-0.15, -0.1) is 0 Å². The highest BCUT2D eigenvalue weighted by atomic mass is 16.5. The first-order valence-electron chi connectivity index (χ1n) is 11.3. The predicted octanol–water partition coefficient (Wildman–Crippen LogP) is 1.92. The van der Waals surface area contributed by atoms with Crippen LogP contribution in [0.4, 0.5) is 5.69 Å². The number of nitrogens with zero attached hydrogens (tertiary/aromatic N) is 5. The topological polar surface area (TPSA) is 92.1 Å². The third-order valence-electron chi connectivity index (χ3n) is 6.57. The van der Waals surface area contributed by atoms with Crippen molar-refractivity contribution in [3.05, 3.63) is 59.2 Å². The van der Waals surface area contributed by atoms with Gasteiger partial charge < -0.3 is 15.0 Å². The molecule has 1 unspecified atom stereocenters. The number of ether oxygens (including phenoxy) is 1. The molecule has 0 radical (unpaired) electrons. The summed E-state index contributed by atoms with van der Waals surface area (Å²) in [5.74, 6) is -0.706. The molecule has 1 atom stereocenters. The fraction of sp³-hybridized carbons (Fsp3) is 0.417. The zero-order chi connectivity index (χ0) is 22.9. The van der Waals surface area contributed by atoms with Gasteiger partial charge in [0.25, 0.3) is 5.91 Å². The second-order valence-corrected chi connectivity index (χ2v) is 8.65. The summed E-state index contributed by atoms with van der Waals surface area (Å²) in [7, 11) is 1.83. The average molecular weight is 449 g/mol. The summed E-state index contributed by atoms with van der Waals surface area (Å²) < 4.78 is 7.06. The fourth-order valence-electron chi connectivity index (χ4n) is 4.76. The van der Waals surface area contributed by atoms with Crippen LogP contribution in [0.15, 0.2) is 36.8 Å². The molecule has 2 amide bonds. The van der Waals surface area contributed by atoms with Gasteiger partial charge in [-0.25, -0.2) is 9.50 Å². The first-order chi connectivity index (χ1) is 16.0. The second kappa shape index (κ2) is 8.92. The van der Waals surface area contributed by atoms with Gasteiger partial charge in [0, 0.05) is 45.1 Å². The quantitative estimate of drug-likeness (QED) is 0.620. The molecule has 1 N–H and O–H groups in total. The van der Waals surface area contributed by atoms with Crippen LogP contribution in [-0.4, -0.2) is 82.7 Å². The van der Waals surface area contributed by atoms with Crippen LogP contribution in [0.2, 0.25) is 0 Å². The molecule has 0 spiro atoms. The molecule has 1 fully saturated rings. The molecule has 2 aromatic heterocycles. The minimum absolute atomic E-state index is 0.0535. The minimum Gasteiger partial charge on any atom is -0.379 e. The molecule has 9 nitrogen and oxygen atoms in total. The van der Waals surface area contributed by atoms with E-state index in [1.165, 1.54) is 6.33 Å². The zero-order valence-corrected chi connectivity index (χ0v) is 19.0. The Balaban J connectivity index is 1.39. The van der Waals surface area contributed by atoms with Gasteiger partial charge in [-0.05, 0) is 30.5 Å². The van der Waals surface area contributed by atoms with E-state index >= 15 is 0 Å². The number of para-hydroxylation sites is 1. The second-order valence-electron chi connectivity index (χ2n) is 8.65. The van der Waals surface area contributed by atoms with Crippen molar-refractivity contribution in [3.63, 3.8) is 0 Å². The van der Waals surface area contributed by atoms with Gasteiger partial charge in [0.1, 0.15) is 12.2 Å². The van der Waals surface area contributed by atoms with Crippen LogP contribution in [0.5, 0.6) is 0 Å². The van der Waals surface area contributed by atoms with Crippen LogP contribution in [0.3, 0.4) is 0 Å². The van der Waals surface area contributed by atoms with Gasteiger partial charge in [0.2, 0.25) is 5.91 Å². The predicted molar refractivity (Wildman–Crippen MR) is 123 cm³/mol. The van der Waals surface area contributed by atoms with E-state index in [1.807, 2.05) is 38.2 Å². The first-order valence-corrected chi connectivity index (χ1v) is 11.3. The van der Waals surface area contributed by atoms with Crippen molar-refractivity contribution in [2.75, 3.05) is 51.8 Å². The number of aryl methyl sites for hydroxylation is 1. The molecule has 9 heteroatoms. The van der Waals surface area contributed by atoms with Gasteiger partial charge in [-0.2, -0.15) is 5.10 Å². The highest BCUT2D eigenvalue weighted by Gasteiger charge is 2.35. The van der Waals surface area contributed by atoms with Crippen molar-refractivity contribution in [1.29, 1.82) is 0 Å². The van der Waals surface area contributed by atoms with Gasteiger partial charge in [0.15, 0.2) is 0 Å². The molecule has 33 heavy (non-hydrogen) atoms. The summed E-state index contributed by atoms with van der Waals surface area (Å²) in [6, 6.07) is 7.63. The number of rotatable bonds is 6. The Morgan fingerprint density at radius 1 is 1.27 bits per heavy atom. The van der Waals surface area contributed by atoms with Crippen molar-refractivity contribution < 1.29 is 14.3 Å². The highest BCUT2D eigenvalue weighted by Crippen LogP contribution is 2.38. The molecule has 4 heterocycles. The lowest BCUT2D eigenvalue weighted by Crippen LogP contribution is -2.38. The van der Waals surface area contributed by atoms with Gasteiger partial charge in [-0.1, -0.05) is 18.2 Å². The summed E-state index contributed by atoms with van der Waals surface area (Å²) >= 11 is 0. The Hall–Kier alpha value is -3.30. The van der Waals surface area contributed by atoms with Gasteiger partial charge in [0.05, 0.1) is 30.0 Å². The Morgan fingerprint density at radius 3 is 2.88 bits per heavy atom. The normalized spacial score (nSPS) is 18.4. The van der Waals surface area contributed by atoms with E-state index in [4.69, 9.17) is 4.74 Å². The number of hydrogen-bond acceptors (Lipinski definition) is 6. The van der Waals surface area contributed by atoms with Crippen LogP contribution < -0.4 is 5.32 Å². The number of carbonyl (C=O) groups excluding carboxylic acids is 2. The number of hydrogen-bond donors (Lipinski definition) is 1. The Bertz CT molecular complexity index is 1200. The van der Waals surface area contributed by atoms with Crippen LogP contribution in [0.1, 0.15) is 39.5 Å². The van der Waals surface area contributed by atoms with E-state index in [1.54, 1.807) is 15.6 Å². The van der Waals surface area contributed by atoms with E-state index in [0.29, 0.717) is 23.3 Å². The molecule has 0 aliphatic carbocycles. The summed E-state index contributed by atoms with van der Waals surface area (Å²) in [4.78, 5) is 34.7. The maximum absolute atomic E-state index is 13.3. The lowest BCUT2D eigenvalue weighted by Gasteiger charge is -2.27. The average Bonchev–Trinajstić information content (AvgIpc) is 3.35. The van der Waals surface area contributed by atoms with Crippen molar-refractivity contribution in [1.82, 2.24) is 24.4 Å². The number of carbonyl (C=O) groups is 2. The number of amides is 2. The number of nitrogens with one attached hydrogen (secondary N) is 1. The maximum atomic E-state index is 13.3. The van der Waals surface area contributed by atoms with Gasteiger partial charge in [-0.3, -0.25) is 14.5 Å². The van der Waals surface area contributed by atoms with E-state index < -0.39 is 5.92 Å². The largest absolute Gasteiger partial charge is 0.379 e. The van der Waals surface area contributed by atoms with E-state index in [-0.39, 0.29) is 11.8 Å². The Morgan fingerprint density at radius 2 is 2.06 bits per heavy atom. The van der Waals surface area contributed by atoms with E-state index in [9.17, 15) is 9.59 Å². The molecule has 2 aliphatic heterocycles. The molecule has 5 rings (SSSR count). The molecule has 1 saturated heterocycles. The summed E-state index contributed by atoms with van der Waals surface area (Å²) in [5.41, 5.74) is 4.37. The molecule has 2 aliphatic rings. The fourth-order valence-corrected chi connectivity index (χ4v) is 4.76. The molecule has 1 aromatic carbocycles. The first kappa shape index (κ1) is 21.5. The molecule has 3 aromatic rings. The van der Waals surface area contributed by atoms with Crippen molar-refractivity contribution in [2.24, 2.45) is 0 Å². The number of morpholine rings is 1. The third kappa shape index (κ3) is 3.98. The molecule has 0 saturated carbocycles. The number of fused-ring (bicyclic) bond motifs is 2. The number of aromatic nitrogens is 3. The minimum atomic E-state index is -0.533. The molecular weight excluding hydrogens is 420 g/mol. The smallest absolute Gasteiger partial charge is 0.255 e. The SMILES string of the molecule is Cc1c(C(=O)N(C)CCCN2CCOCC2)cn2ncnc(C3C(=O)Nc4ccccc43)c12. The van der Waals surface area contributed by atoms with Crippen molar-refractivity contribution in [3.8, 4) is 0 Å². The lowest BCUT2D eigenvalue weighted by molar-refractivity contribution is -0.116. The monoisotopic (exact) mass is 448 g/mol. The summed E-state index contributed by atoms with van der Waals surface area (Å²) in [5, 5.41) is 7.26. The van der Waals surface area contributed by atoms with Crippen LogP contribution in [-0.2, 0) is 9.53 Å². The van der Waals surface area contributed by atoms with Crippen molar-refractivity contribution in [2.45, 2.75) is 19.3 Å². The standard InChI is InChI=1S/C24H28N6O3/c1-16-18(24(32)28(2)8-5-9-29-10-12-33-13-11-29)14-30-22(16)21(25-15-26-30)20-17-6-3-4-7-19(17)27-23(20)31/h3-4,6-7,14-15,20H,5,8-13H2,1-2H3,(H,27,31). The van der Waals surface area contributed by atoms with Crippen LogP contribution in [0, 0.1) is 6.92 Å². The lowest BCUT2D eigenvalue weighted by atomic mass is 9.95. The number of benzene rings is 1. The van der Waals surface area contributed by atoms with E-state index in [2.05, 4.69) is 20.3 Å². The summed E-state index contributed by atoms with van der Waals surface area (Å²) in [6.07, 6.45) is 4.09. The number of anilines is 1. The molecule has 0 bridgehead atoms. The van der Waals surface area contributed by atoms with Gasteiger partial charge >= 0.3 is 0 Å². The van der Waals surface area contributed by atoms with Crippen LogP contribution in [0.25, 0.3) is 5.52 Å². The summed E-state index contributed by atoms with van der Waals surface area (Å²) in [6.45, 7) is 6.95. The van der Waals surface area contributed by atoms with E-state index in [0.717, 1.165) is 56.1 Å². The Kier molecular flexibility index (Phi) is 5.82.